The van der Waals surface area contributed by atoms with Gasteiger partial charge in [0.15, 0.2) is 0 Å². The first kappa shape index (κ1) is 23.0. The monoisotopic (exact) mass is 426 g/mol. The Labute approximate surface area is 188 Å². The van der Waals surface area contributed by atoms with Crippen LogP contribution in [0.4, 0.5) is 0 Å². The van der Waals surface area contributed by atoms with Crippen LogP contribution in [-0.4, -0.2) is 43.5 Å². The van der Waals surface area contributed by atoms with Crippen LogP contribution in [0.1, 0.15) is 72.6 Å². The van der Waals surface area contributed by atoms with Gasteiger partial charge in [-0.2, -0.15) is 0 Å². The Morgan fingerprint density at radius 1 is 1.23 bits per heavy atom. The summed E-state index contributed by atoms with van der Waals surface area (Å²) in [5.74, 6) is 1.54. The number of carbonyl (C=O) groups is 2. The predicted molar refractivity (Wildman–Crippen MR) is 124 cm³/mol. The van der Waals surface area contributed by atoms with E-state index in [2.05, 4.69) is 40.6 Å². The summed E-state index contributed by atoms with van der Waals surface area (Å²) in [4.78, 5) is 24.1. The van der Waals surface area contributed by atoms with Crippen molar-refractivity contribution in [3.8, 4) is 0 Å². The molecule has 0 bridgehead atoms. The van der Waals surface area contributed by atoms with E-state index in [-0.39, 0.29) is 41.2 Å². The fourth-order valence-electron chi connectivity index (χ4n) is 7.37. The van der Waals surface area contributed by atoms with Gasteiger partial charge < -0.3 is 0 Å². The van der Waals surface area contributed by atoms with Crippen molar-refractivity contribution >= 4 is 24.1 Å². The molecule has 0 aromatic rings. The third-order valence-corrected chi connectivity index (χ3v) is 9.41. The van der Waals surface area contributed by atoms with Gasteiger partial charge in [0.05, 0.1) is 0 Å². The summed E-state index contributed by atoms with van der Waals surface area (Å²) in [7, 11) is 0. The predicted octanol–water partition coefficient (Wildman–Crippen LogP) is 4.64. The van der Waals surface area contributed by atoms with E-state index in [1.807, 2.05) is 0 Å². The Hall–Kier alpha value is -1.23. The molecule has 4 rings (SSSR count). The van der Waals surface area contributed by atoms with Crippen molar-refractivity contribution in [1.82, 2.24) is 0 Å². The van der Waals surface area contributed by atoms with Crippen LogP contribution in [0.15, 0.2) is 11.6 Å². The maximum absolute atomic E-state index is 12.9. The summed E-state index contributed by atoms with van der Waals surface area (Å²) in [6.45, 7) is 13.6. The Morgan fingerprint density at radius 3 is 2.71 bits per heavy atom. The average Bonchev–Trinajstić information content (AvgIpc) is 3.25. The molecule has 170 valence electrons. The van der Waals surface area contributed by atoms with E-state index in [0.717, 1.165) is 45.1 Å². The van der Waals surface area contributed by atoms with Crippen molar-refractivity contribution in [2.75, 3.05) is 13.2 Å². The number of allylic oxidation sites excluding steroid dienone is 1. The summed E-state index contributed by atoms with van der Waals surface area (Å²) in [5.41, 5.74) is 3.16. The van der Waals surface area contributed by atoms with Gasteiger partial charge in [-0.3, -0.25) is 4.79 Å². The number of fused-ring (bicyclic) bond motifs is 2. The normalized spacial score (nSPS) is 43.1. The summed E-state index contributed by atoms with van der Waals surface area (Å²) >= 11 is 0. The Morgan fingerprint density at radius 2 is 2.00 bits per heavy atom. The molecule has 0 N–H and O–H groups in total. The van der Waals surface area contributed by atoms with Gasteiger partial charge in [0.25, 0.3) is 0 Å². The van der Waals surface area contributed by atoms with Crippen LogP contribution in [0.5, 0.6) is 0 Å². The number of hydrogen-bond acceptors (Lipinski definition) is 4. The molecule has 31 heavy (non-hydrogen) atoms. The molecule has 0 aromatic carbocycles. The molecule has 1 aliphatic heterocycles. The van der Waals surface area contributed by atoms with Gasteiger partial charge >= 0.3 is 176 Å². The topological polar surface area (TPSA) is 52.6 Å². The average molecular weight is 426 g/mol. The van der Waals surface area contributed by atoms with Crippen LogP contribution in [-0.2, 0) is 19.1 Å². The van der Waals surface area contributed by atoms with E-state index in [1.54, 1.807) is 0 Å². The van der Waals surface area contributed by atoms with E-state index in [1.165, 1.54) is 24.4 Å². The number of ether oxygens (including phenoxy) is 2. The minimum atomic E-state index is -0.370. The van der Waals surface area contributed by atoms with Gasteiger partial charge in [0.1, 0.15) is 0 Å². The SMILES string of the molecule is CB=C1C=C2C(CC3C(C)CCC4(C)C(C(=O)COC(C)=O)CCC34)OCC2(C)CC1. The van der Waals surface area contributed by atoms with Crippen LogP contribution in [0.2, 0.25) is 6.82 Å². The van der Waals surface area contributed by atoms with Crippen LogP contribution in [0.3, 0.4) is 0 Å². The molecule has 1 heterocycles. The molecule has 0 amide bonds. The molecular weight excluding hydrogens is 387 g/mol. The van der Waals surface area contributed by atoms with Crippen molar-refractivity contribution in [2.45, 2.75) is 85.6 Å². The van der Waals surface area contributed by atoms with Crippen molar-refractivity contribution in [1.29, 1.82) is 0 Å². The second kappa shape index (κ2) is 8.61. The van der Waals surface area contributed by atoms with Crippen LogP contribution in [0, 0.1) is 34.5 Å². The van der Waals surface area contributed by atoms with E-state index in [0.29, 0.717) is 17.8 Å². The zero-order valence-corrected chi connectivity index (χ0v) is 20.0. The Bertz CT molecular complexity index is 801. The van der Waals surface area contributed by atoms with Gasteiger partial charge in [-0.05, 0) is 0 Å². The number of rotatable bonds is 5. The van der Waals surface area contributed by atoms with Crippen molar-refractivity contribution in [3.63, 3.8) is 0 Å². The number of carbonyl (C=O) groups excluding carboxylic acids is 2. The molecule has 3 aliphatic carbocycles. The second-order valence-corrected chi connectivity index (χ2v) is 11.2. The molecule has 7 atom stereocenters. The van der Waals surface area contributed by atoms with Crippen LogP contribution < -0.4 is 0 Å². The molecule has 4 aliphatic rings. The minimum absolute atomic E-state index is 0.0186. The van der Waals surface area contributed by atoms with Gasteiger partial charge in [-0.25, -0.2) is 0 Å². The fourth-order valence-corrected chi connectivity index (χ4v) is 7.37. The molecule has 5 heteroatoms. The molecule has 0 aromatic heterocycles. The molecule has 3 fully saturated rings. The van der Waals surface area contributed by atoms with Gasteiger partial charge in [-0.15, -0.1) is 0 Å². The second-order valence-electron chi connectivity index (χ2n) is 11.2. The maximum atomic E-state index is 12.9. The summed E-state index contributed by atoms with van der Waals surface area (Å²) < 4.78 is 11.5. The van der Waals surface area contributed by atoms with E-state index < -0.39 is 0 Å². The molecule has 0 spiro atoms. The van der Waals surface area contributed by atoms with E-state index in [9.17, 15) is 9.59 Å². The molecule has 2 saturated carbocycles. The van der Waals surface area contributed by atoms with Crippen LogP contribution >= 0.6 is 0 Å². The first-order chi connectivity index (χ1) is 14.7. The molecule has 1 saturated heterocycles. The first-order valence-electron chi connectivity index (χ1n) is 12.3. The summed E-state index contributed by atoms with van der Waals surface area (Å²) in [6, 6.07) is 0. The van der Waals surface area contributed by atoms with E-state index in [4.69, 9.17) is 9.47 Å². The molecular formula is C26H39BO4. The standard InChI is InChI=1S/C26H39BO4/c1-16-8-11-26(4)20(6-7-21(26)23(29)14-30-17(2)28)19(16)13-24-22-12-18(27-5)9-10-25(22,3)15-31-24/h12,16,19-21,24H,6-11,13-15H2,1-5H3. The number of esters is 1. The fraction of sp³-hybridized carbons (Fsp3) is 0.808. The number of Topliss-reactive ketones (excluding diaryl/α,β-unsaturated/α-hetero) is 1. The zero-order valence-electron chi connectivity index (χ0n) is 20.0. The number of ketones is 1. The van der Waals surface area contributed by atoms with Crippen molar-refractivity contribution in [3.05, 3.63) is 11.6 Å². The quantitative estimate of drug-likeness (QED) is 0.475. The number of hydrogen-bond donors (Lipinski definition) is 0. The summed E-state index contributed by atoms with van der Waals surface area (Å²) in [5, 5.41) is 0. The van der Waals surface area contributed by atoms with Crippen molar-refractivity contribution < 1.29 is 19.1 Å². The van der Waals surface area contributed by atoms with E-state index >= 15 is 0 Å². The van der Waals surface area contributed by atoms with Gasteiger partial charge in [0, 0.05) is 6.92 Å². The molecule has 0 radical (unpaired) electrons. The zero-order chi connectivity index (χ0) is 22.4. The Kier molecular flexibility index (Phi) is 6.37. The molecule has 4 nitrogen and oxygen atoms in total. The van der Waals surface area contributed by atoms with Gasteiger partial charge in [0.2, 0.25) is 0 Å². The summed E-state index contributed by atoms with van der Waals surface area (Å²) in [6.07, 6.45) is 10.3. The van der Waals surface area contributed by atoms with Crippen molar-refractivity contribution in [2.24, 2.45) is 34.5 Å². The van der Waals surface area contributed by atoms with Gasteiger partial charge in [-0.1, -0.05) is 0 Å². The van der Waals surface area contributed by atoms with Crippen LogP contribution in [0.25, 0.3) is 0 Å². The third kappa shape index (κ3) is 4.12. The Balaban J connectivity index is 1.52. The molecule has 7 unspecified atom stereocenters. The third-order valence-electron chi connectivity index (χ3n) is 9.41. The first-order valence-corrected chi connectivity index (χ1v) is 12.3.